The summed E-state index contributed by atoms with van der Waals surface area (Å²) in [5.41, 5.74) is 2.24. The Morgan fingerprint density at radius 2 is 2.33 bits per heavy atom. The van der Waals surface area contributed by atoms with Crippen molar-refractivity contribution in [3.8, 4) is 5.75 Å². The van der Waals surface area contributed by atoms with Gasteiger partial charge in [0.15, 0.2) is 0 Å². The van der Waals surface area contributed by atoms with Crippen molar-refractivity contribution in [3.05, 3.63) is 23.8 Å². The normalized spacial score (nSPS) is 13.9. The number of hydrogen-bond donors (Lipinski definition) is 0. The third-order valence-electron chi connectivity index (χ3n) is 2.64. The molecule has 1 aliphatic heterocycles. The van der Waals surface area contributed by atoms with Gasteiger partial charge in [0.25, 0.3) is 0 Å². The predicted octanol–water partition coefficient (Wildman–Crippen LogP) is 1.99. The lowest BCUT2D eigenvalue weighted by Crippen LogP contribution is -2.25. The number of anilines is 1. The molecule has 0 N–H and O–H groups in total. The minimum atomic E-state index is 0.0994. The second kappa shape index (κ2) is 3.93. The number of carbonyl (C=O) groups is 1. The summed E-state index contributed by atoms with van der Waals surface area (Å²) in [4.78, 5) is 13.2. The Morgan fingerprint density at radius 3 is 3.00 bits per heavy atom. The van der Waals surface area contributed by atoms with Gasteiger partial charge in [-0.15, -0.1) is 0 Å². The van der Waals surface area contributed by atoms with E-state index in [4.69, 9.17) is 4.74 Å². The first-order valence-electron chi connectivity index (χ1n) is 5.26. The number of rotatable bonds is 2. The molecule has 0 aromatic heterocycles. The molecule has 0 saturated carbocycles. The SMILES string of the molecule is CCOc1ccc2c(c1)N(C(C)=O)CC2. The Hall–Kier alpha value is -1.51. The summed E-state index contributed by atoms with van der Waals surface area (Å²) in [5.74, 6) is 0.937. The highest BCUT2D eigenvalue weighted by molar-refractivity contribution is 5.94. The lowest BCUT2D eigenvalue weighted by molar-refractivity contribution is -0.116. The smallest absolute Gasteiger partial charge is 0.223 e. The Kier molecular flexibility index (Phi) is 2.62. The van der Waals surface area contributed by atoms with Gasteiger partial charge in [-0.25, -0.2) is 0 Å². The van der Waals surface area contributed by atoms with Crippen molar-refractivity contribution in [2.45, 2.75) is 20.3 Å². The van der Waals surface area contributed by atoms with Crippen molar-refractivity contribution >= 4 is 11.6 Å². The zero-order valence-electron chi connectivity index (χ0n) is 9.12. The van der Waals surface area contributed by atoms with Gasteiger partial charge in [-0.1, -0.05) is 6.07 Å². The summed E-state index contributed by atoms with van der Waals surface area (Å²) in [7, 11) is 0. The minimum Gasteiger partial charge on any atom is -0.494 e. The second-order valence-electron chi connectivity index (χ2n) is 3.64. The summed E-state index contributed by atoms with van der Waals surface area (Å²) in [6.07, 6.45) is 0.946. The van der Waals surface area contributed by atoms with Crippen LogP contribution in [0.2, 0.25) is 0 Å². The number of hydrogen-bond acceptors (Lipinski definition) is 2. The summed E-state index contributed by atoms with van der Waals surface area (Å²) in [6.45, 7) is 5.00. The molecule has 0 spiro atoms. The van der Waals surface area contributed by atoms with Gasteiger partial charge in [0, 0.05) is 19.5 Å². The molecule has 15 heavy (non-hydrogen) atoms. The van der Waals surface area contributed by atoms with Gasteiger partial charge in [0.1, 0.15) is 5.75 Å². The highest BCUT2D eigenvalue weighted by Gasteiger charge is 2.22. The van der Waals surface area contributed by atoms with E-state index in [0.29, 0.717) is 6.61 Å². The van der Waals surface area contributed by atoms with E-state index in [-0.39, 0.29) is 5.91 Å². The molecule has 1 heterocycles. The van der Waals surface area contributed by atoms with Crippen LogP contribution >= 0.6 is 0 Å². The van der Waals surface area contributed by atoms with Gasteiger partial charge in [0.2, 0.25) is 5.91 Å². The van der Waals surface area contributed by atoms with Crippen LogP contribution in [0.25, 0.3) is 0 Å². The quantitative estimate of drug-likeness (QED) is 0.739. The highest BCUT2D eigenvalue weighted by Crippen LogP contribution is 2.31. The third-order valence-corrected chi connectivity index (χ3v) is 2.64. The predicted molar refractivity (Wildman–Crippen MR) is 59.3 cm³/mol. The number of amides is 1. The molecule has 0 radical (unpaired) electrons. The van der Waals surface area contributed by atoms with Crippen molar-refractivity contribution in [1.29, 1.82) is 0 Å². The Balaban J connectivity index is 2.33. The zero-order chi connectivity index (χ0) is 10.8. The van der Waals surface area contributed by atoms with Gasteiger partial charge >= 0.3 is 0 Å². The number of nitrogens with zero attached hydrogens (tertiary/aromatic N) is 1. The molecule has 1 aromatic carbocycles. The molecule has 1 aromatic rings. The van der Waals surface area contributed by atoms with Crippen LogP contribution in [0.15, 0.2) is 18.2 Å². The largest absolute Gasteiger partial charge is 0.494 e. The molecule has 2 rings (SSSR count). The molecule has 3 nitrogen and oxygen atoms in total. The zero-order valence-corrected chi connectivity index (χ0v) is 9.12. The van der Waals surface area contributed by atoms with Crippen molar-refractivity contribution in [2.24, 2.45) is 0 Å². The van der Waals surface area contributed by atoms with E-state index in [9.17, 15) is 4.79 Å². The van der Waals surface area contributed by atoms with E-state index in [0.717, 1.165) is 24.4 Å². The van der Waals surface area contributed by atoms with E-state index in [1.807, 2.05) is 25.1 Å². The number of fused-ring (bicyclic) bond motifs is 1. The maximum absolute atomic E-state index is 11.4. The maximum Gasteiger partial charge on any atom is 0.223 e. The fourth-order valence-corrected chi connectivity index (χ4v) is 1.94. The monoisotopic (exact) mass is 205 g/mol. The topological polar surface area (TPSA) is 29.5 Å². The second-order valence-corrected chi connectivity index (χ2v) is 3.64. The van der Waals surface area contributed by atoms with Gasteiger partial charge in [-0.3, -0.25) is 4.79 Å². The van der Waals surface area contributed by atoms with E-state index in [2.05, 4.69) is 0 Å². The molecule has 80 valence electrons. The number of benzene rings is 1. The van der Waals surface area contributed by atoms with Crippen LogP contribution in [-0.4, -0.2) is 19.1 Å². The molecular formula is C12H15NO2. The maximum atomic E-state index is 11.4. The van der Waals surface area contributed by atoms with Crippen LogP contribution in [0.5, 0.6) is 5.75 Å². The van der Waals surface area contributed by atoms with Crippen LogP contribution in [0.3, 0.4) is 0 Å². The minimum absolute atomic E-state index is 0.0994. The third kappa shape index (κ3) is 1.82. The van der Waals surface area contributed by atoms with Crippen LogP contribution in [0.1, 0.15) is 19.4 Å². The molecule has 0 atom stereocenters. The van der Waals surface area contributed by atoms with E-state index >= 15 is 0 Å². The standard InChI is InChI=1S/C12H15NO2/c1-3-15-11-5-4-10-6-7-13(9(2)14)12(10)8-11/h4-5,8H,3,6-7H2,1-2H3. The first kappa shape index (κ1) is 10.0. The average Bonchev–Trinajstić information content (AvgIpc) is 2.61. The fraction of sp³-hybridized carbons (Fsp3) is 0.417. The Labute approximate surface area is 89.7 Å². The highest BCUT2D eigenvalue weighted by atomic mass is 16.5. The van der Waals surface area contributed by atoms with Gasteiger partial charge in [0.05, 0.1) is 12.3 Å². The van der Waals surface area contributed by atoms with E-state index in [1.165, 1.54) is 5.56 Å². The first-order valence-corrected chi connectivity index (χ1v) is 5.26. The van der Waals surface area contributed by atoms with E-state index in [1.54, 1.807) is 11.8 Å². The molecule has 1 amide bonds. The lowest BCUT2D eigenvalue weighted by Gasteiger charge is -2.15. The van der Waals surface area contributed by atoms with Gasteiger partial charge in [-0.05, 0) is 25.0 Å². The number of ether oxygens (including phenoxy) is 1. The van der Waals surface area contributed by atoms with Crippen molar-refractivity contribution in [3.63, 3.8) is 0 Å². The Morgan fingerprint density at radius 1 is 1.53 bits per heavy atom. The molecule has 0 fully saturated rings. The van der Waals surface area contributed by atoms with Gasteiger partial charge < -0.3 is 9.64 Å². The molecule has 0 bridgehead atoms. The lowest BCUT2D eigenvalue weighted by atomic mass is 10.1. The van der Waals surface area contributed by atoms with E-state index < -0.39 is 0 Å². The Bertz CT molecular complexity index is 387. The average molecular weight is 205 g/mol. The van der Waals surface area contributed by atoms with Crippen LogP contribution < -0.4 is 9.64 Å². The molecule has 0 aliphatic carbocycles. The number of carbonyl (C=O) groups excluding carboxylic acids is 1. The van der Waals surface area contributed by atoms with Crippen molar-refractivity contribution < 1.29 is 9.53 Å². The summed E-state index contributed by atoms with van der Waals surface area (Å²) in [6, 6.07) is 5.96. The molecular weight excluding hydrogens is 190 g/mol. The summed E-state index contributed by atoms with van der Waals surface area (Å²) < 4.78 is 5.42. The van der Waals surface area contributed by atoms with Crippen LogP contribution in [-0.2, 0) is 11.2 Å². The molecule has 0 unspecified atom stereocenters. The van der Waals surface area contributed by atoms with Gasteiger partial charge in [-0.2, -0.15) is 0 Å². The fourth-order valence-electron chi connectivity index (χ4n) is 1.94. The summed E-state index contributed by atoms with van der Waals surface area (Å²) >= 11 is 0. The van der Waals surface area contributed by atoms with Crippen molar-refractivity contribution in [1.82, 2.24) is 0 Å². The molecule has 0 saturated heterocycles. The van der Waals surface area contributed by atoms with Crippen molar-refractivity contribution in [2.75, 3.05) is 18.1 Å². The molecule has 1 aliphatic rings. The van der Waals surface area contributed by atoms with Crippen LogP contribution in [0.4, 0.5) is 5.69 Å². The van der Waals surface area contributed by atoms with Crippen LogP contribution in [0, 0.1) is 0 Å². The molecule has 3 heteroatoms. The first-order chi connectivity index (χ1) is 7.22. The summed E-state index contributed by atoms with van der Waals surface area (Å²) in [5, 5.41) is 0.